The molecule has 9 nitrogen and oxygen atoms in total. The lowest BCUT2D eigenvalue weighted by Crippen LogP contribution is -2.47. The molecule has 1 N–H and O–H groups in total. The molecule has 2 aromatic rings. The lowest BCUT2D eigenvalue weighted by atomic mass is 10.1. The van der Waals surface area contributed by atoms with Gasteiger partial charge in [0.2, 0.25) is 5.82 Å². The molecule has 2 heterocycles. The number of nitrogens with one attached hydrogen (secondary N) is 1. The average Bonchev–Trinajstić information content (AvgIpc) is 2.56. The Kier molecular flexibility index (Phi) is 5.29. The van der Waals surface area contributed by atoms with E-state index in [4.69, 9.17) is 4.74 Å². The van der Waals surface area contributed by atoms with Crippen LogP contribution in [0.15, 0.2) is 24.5 Å². The van der Waals surface area contributed by atoms with E-state index in [-0.39, 0.29) is 17.4 Å². The summed E-state index contributed by atoms with van der Waals surface area (Å²) in [6.45, 7) is 7.11. The third kappa shape index (κ3) is 4.24. The first-order valence-electron chi connectivity index (χ1n) is 8.38. The molecule has 1 aromatic carbocycles. The number of benzene rings is 1. The van der Waals surface area contributed by atoms with Gasteiger partial charge in [-0.3, -0.25) is 15.5 Å². The summed E-state index contributed by atoms with van der Waals surface area (Å²) in [5.74, 6) is 0.565. The highest BCUT2D eigenvalue weighted by Gasteiger charge is 2.27. The molecule has 1 aromatic heterocycles. The van der Waals surface area contributed by atoms with Gasteiger partial charge in [-0.1, -0.05) is 6.07 Å². The Labute approximate surface area is 151 Å². The Bertz CT molecular complexity index is 785. The summed E-state index contributed by atoms with van der Waals surface area (Å²) in [5.41, 5.74) is 4.78. The lowest BCUT2D eigenvalue weighted by Gasteiger charge is -2.32. The quantitative estimate of drug-likeness (QED) is 0.643. The van der Waals surface area contributed by atoms with E-state index < -0.39 is 4.92 Å². The predicted octanol–water partition coefficient (Wildman–Crippen LogP) is 2.37. The summed E-state index contributed by atoms with van der Waals surface area (Å²) in [5, 5.41) is 13.6. The molecule has 3 rings (SSSR count). The number of aromatic nitrogens is 2. The second-order valence-corrected chi connectivity index (χ2v) is 6.46. The van der Waals surface area contributed by atoms with E-state index in [2.05, 4.69) is 20.3 Å². The van der Waals surface area contributed by atoms with Crippen molar-refractivity contribution in [3.05, 3.63) is 45.8 Å². The monoisotopic (exact) mass is 358 g/mol. The van der Waals surface area contributed by atoms with Crippen molar-refractivity contribution in [1.82, 2.24) is 19.9 Å². The van der Waals surface area contributed by atoms with Crippen LogP contribution in [-0.2, 0) is 0 Å². The van der Waals surface area contributed by atoms with Gasteiger partial charge in [0.25, 0.3) is 0 Å². The Morgan fingerprint density at radius 3 is 2.38 bits per heavy atom. The fraction of sp³-hybridized carbons (Fsp3) is 0.412. The summed E-state index contributed by atoms with van der Waals surface area (Å²) in [6, 6.07) is 5.63. The molecule has 0 amide bonds. The van der Waals surface area contributed by atoms with E-state index >= 15 is 0 Å². The molecule has 1 aliphatic rings. The van der Waals surface area contributed by atoms with Crippen LogP contribution in [0.1, 0.15) is 11.1 Å². The number of hydrogen-bond acceptors (Lipinski definition) is 8. The Morgan fingerprint density at radius 2 is 1.77 bits per heavy atom. The van der Waals surface area contributed by atoms with Gasteiger partial charge in [-0.15, -0.1) is 0 Å². The number of likely N-dealkylation sites (N-methyl/N-ethyl adjacent to an activating group) is 1. The molecular weight excluding hydrogens is 336 g/mol. The maximum Gasteiger partial charge on any atom is 0.374 e. The van der Waals surface area contributed by atoms with Crippen LogP contribution in [0.3, 0.4) is 0 Å². The number of rotatable bonds is 5. The summed E-state index contributed by atoms with van der Waals surface area (Å²) < 4.78 is 5.72. The first-order valence-corrected chi connectivity index (χ1v) is 8.38. The van der Waals surface area contributed by atoms with Crippen LogP contribution < -0.4 is 10.2 Å². The maximum absolute atomic E-state index is 11.6. The predicted molar refractivity (Wildman–Crippen MR) is 97.4 cm³/mol. The number of hydrogen-bond donors (Lipinski definition) is 1. The van der Waals surface area contributed by atoms with Crippen molar-refractivity contribution in [3.8, 4) is 11.6 Å². The van der Waals surface area contributed by atoms with Gasteiger partial charge in [-0.05, 0) is 44.2 Å². The van der Waals surface area contributed by atoms with Crippen LogP contribution in [0.2, 0.25) is 0 Å². The van der Waals surface area contributed by atoms with Gasteiger partial charge in [-0.2, -0.15) is 4.98 Å². The smallest absolute Gasteiger partial charge is 0.374 e. The van der Waals surface area contributed by atoms with Gasteiger partial charge in [0.05, 0.1) is 4.92 Å². The van der Waals surface area contributed by atoms with Crippen LogP contribution in [0.25, 0.3) is 0 Å². The number of aryl methyl sites for hydroxylation is 2. The van der Waals surface area contributed by atoms with Crippen LogP contribution >= 0.6 is 0 Å². The third-order valence-electron chi connectivity index (χ3n) is 4.15. The summed E-state index contributed by atoms with van der Waals surface area (Å²) in [7, 11) is 2.04. The van der Waals surface area contributed by atoms with Crippen LogP contribution in [0, 0.1) is 24.0 Å². The minimum atomic E-state index is -0.517. The Morgan fingerprint density at radius 1 is 1.12 bits per heavy atom. The molecule has 0 unspecified atom stereocenters. The fourth-order valence-corrected chi connectivity index (χ4v) is 2.86. The molecule has 1 fully saturated rings. The van der Waals surface area contributed by atoms with Crippen molar-refractivity contribution in [2.75, 3.05) is 38.7 Å². The largest absolute Gasteiger partial charge is 0.434 e. The molecule has 26 heavy (non-hydrogen) atoms. The molecule has 1 aliphatic heterocycles. The minimum Gasteiger partial charge on any atom is -0.434 e. The highest BCUT2D eigenvalue weighted by Crippen LogP contribution is 2.34. The van der Waals surface area contributed by atoms with E-state index in [9.17, 15) is 10.1 Å². The molecule has 0 bridgehead atoms. The molecule has 0 atom stereocenters. The SMILES string of the molecule is Cc1cc(C)cc(Oc2ncnc(NN3CCN(C)CC3)c2[N+](=O)[O-])c1. The zero-order chi connectivity index (χ0) is 18.7. The van der Waals surface area contributed by atoms with Crippen LogP contribution in [-0.4, -0.2) is 58.0 Å². The van der Waals surface area contributed by atoms with E-state index in [1.54, 1.807) is 0 Å². The highest BCUT2D eigenvalue weighted by atomic mass is 16.6. The van der Waals surface area contributed by atoms with Gasteiger partial charge in [0, 0.05) is 26.2 Å². The first-order chi connectivity index (χ1) is 12.4. The van der Waals surface area contributed by atoms with Gasteiger partial charge < -0.3 is 9.64 Å². The van der Waals surface area contributed by atoms with Crippen LogP contribution in [0.5, 0.6) is 11.6 Å². The molecule has 0 aliphatic carbocycles. The molecule has 1 saturated heterocycles. The Balaban J connectivity index is 1.87. The highest BCUT2D eigenvalue weighted by molar-refractivity contribution is 5.61. The van der Waals surface area contributed by atoms with Gasteiger partial charge in [-0.25, -0.2) is 9.99 Å². The van der Waals surface area contributed by atoms with Crippen molar-refractivity contribution in [1.29, 1.82) is 0 Å². The second kappa shape index (κ2) is 7.63. The third-order valence-corrected chi connectivity index (χ3v) is 4.15. The van der Waals surface area contributed by atoms with E-state index in [1.807, 2.05) is 44.1 Å². The van der Waals surface area contributed by atoms with Crippen LogP contribution in [0.4, 0.5) is 11.5 Å². The number of anilines is 1. The molecule has 0 radical (unpaired) electrons. The first kappa shape index (κ1) is 18.0. The van der Waals surface area contributed by atoms with Crippen molar-refractivity contribution < 1.29 is 9.66 Å². The molecule has 138 valence electrons. The zero-order valence-electron chi connectivity index (χ0n) is 15.1. The molecular formula is C17H22N6O3. The topological polar surface area (TPSA) is 96.7 Å². The van der Waals surface area contributed by atoms with E-state index in [0.717, 1.165) is 37.3 Å². The summed E-state index contributed by atoms with van der Waals surface area (Å²) in [4.78, 5) is 21.3. The number of piperazine rings is 1. The second-order valence-electron chi connectivity index (χ2n) is 6.46. The molecule has 0 saturated carbocycles. The fourth-order valence-electron chi connectivity index (χ4n) is 2.86. The lowest BCUT2D eigenvalue weighted by molar-refractivity contribution is -0.385. The Hall–Kier alpha value is -2.78. The number of nitrogens with zero attached hydrogens (tertiary/aromatic N) is 5. The number of nitro groups is 1. The van der Waals surface area contributed by atoms with Gasteiger partial charge >= 0.3 is 11.6 Å². The van der Waals surface area contributed by atoms with Gasteiger partial charge in [0.1, 0.15) is 12.1 Å². The number of hydrazine groups is 1. The standard InChI is InChI=1S/C17H22N6O3/c1-12-8-13(2)10-14(9-12)26-17-15(23(24)25)16(18-11-19-17)20-22-6-4-21(3)5-7-22/h8-11H,4-7H2,1-3H3,(H,18,19,20). The zero-order valence-corrected chi connectivity index (χ0v) is 15.1. The van der Waals surface area contributed by atoms with Crippen molar-refractivity contribution >= 4 is 11.5 Å². The molecule has 9 heteroatoms. The number of ether oxygens (including phenoxy) is 1. The van der Waals surface area contributed by atoms with Crippen molar-refractivity contribution in [2.45, 2.75) is 13.8 Å². The molecule has 0 spiro atoms. The average molecular weight is 358 g/mol. The van der Waals surface area contributed by atoms with Gasteiger partial charge in [0.15, 0.2) is 0 Å². The van der Waals surface area contributed by atoms with Crippen molar-refractivity contribution in [2.24, 2.45) is 0 Å². The summed E-state index contributed by atoms with van der Waals surface area (Å²) >= 11 is 0. The van der Waals surface area contributed by atoms with E-state index in [1.165, 1.54) is 6.33 Å². The maximum atomic E-state index is 11.6. The minimum absolute atomic E-state index is 0.0772. The summed E-state index contributed by atoms with van der Waals surface area (Å²) in [6.07, 6.45) is 1.27. The van der Waals surface area contributed by atoms with E-state index in [0.29, 0.717) is 5.75 Å². The van der Waals surface area contributed by atoms with Crippen molar-refractivity contribution in [3.63, 3.8) is 0 Å². The normalized spacial score (nSPS) is 15.7.